The Kier molecular flexibility index (Phi) is 4.50. The van der Waals surface area contributed by atoms with E-state index in [9.17, 15) is 4.79 Å². The molecule has 0 fully saturated rings. The molecule has 2 aromatic rings. The molecule has 1 aromatic heterocycles. The van der Waals surface area contributed by atoms with E-state index in [4.69, 9.17) is 0 Å². The van der Waals surface area contributed by atoms with Crippen molar-refractivity contribution in [2.24, 2.45) is 0 Å². The van der Waals surface area contributed by atoms with Gasteiger partial charge in [0.15, 0.2) is 5.78 Å². The number of aromatic nitrogens is 2. The van der Waals surface area contributed by atoms with Crippen LogP contribution in [-0.2, 0) is 17.8 Å². The molecule has 0 bridgehead atoms. The Morgan fingerprint density at radius 1 is 1.32 bits per heavy atom. The second kappa shape index (κ2) is 6.32. The van der Waals surface area contributed by atoms with Gasteiger partial charge in [-0.1, -0.05) is 23.8 Å². The number of hydrogen-bond donors (Lipinski definition) is 0. The molecule has 0 aliphatic heterocycles. The normalized spacial score (nSPS) is 10.6. The number of benzene rings is 1. The van der Waals surface area contributed by atoms with Crippen LogP contribution in [0.3, 0.4) is 0 Å². The highest BCUT2D eigenvalue weighted by molar-refractivity contribution is 5.78. The number of Topliss-reactive ketones (excluding diaryl/α,β-unsaturated/α-hetero) is 1. The minimum Gasteiger partial charge on any atom is -0.330 e. The summed E-state index contributed by atoms with van der Waals surface area (Å²) in [5.74, 6) is 0.266. The van der Waals surface area contributed by atoms with Crippen LogP contribution in [0.5, 0.6) is 0 Å². The number of nitrogens with zero attached hydrogens (tertiary/aromatic N) is 2. The molecular weight excluding hydrogens is 236 g/mol. The first-order valence-corrected chi connectivity index (χ1v) is 6.69. The Morgan fingerprint density at radius 2 is 2.16 bits per heavy atom. The standard InChI is InChI=1S/C16H20N2O/c1-13-6-7-15(14(2)10-13)4-3-5-16(19)11-18-9-8-17-12-18/h6-10,12H,3-5,11H2,1-2H3. The molecular formula is C16H20N2O. The zero-order chi connectivity index (χ0) is 13.7. The minimum absolute atomic E-state index is 0.266. The molecule has 0 spiro atoms. The van der Waals surface area contributed by atoms with E-state index in [-0.39, 0.29) is 5.78 Å². The number of hydrogen-bond acceptors (Lipinski definition) is 2. The third-order valence-corrected chi connectivity index (χ3v) is 3.32. The van der Waals surface area contributed by atoms with Gasteiger partial charge in [0.2, 0.25) is 0 Å². The van der Waals surface area contributed by atoms with E-state index in [1.54, 1.807) is 12.5 Å². The number of imidazole rings is 1. The van der Waals surface area contributed by atoms with Gasteiger partial charge in [0.05, 0.1) is 12.9 Å². The quantitative estimate of drug-likeness (QED) is 0.796. The zero-order valence-electron chi connectivity index (χ0n) is 11.6. The number of carbonyl (C=O) groups is 1. The summed E-state index contributed by atoms with van der Waals surface area (Å²) >= 11 is 0. The van der Waals surface area contributed by atoms with E-state index in [1.165, 1.54) is 16.7 Å². The molecule has 0 amide bonds. The van der Waals surface area contributed by atoms with Crippen molar-refractivity contribution in [1.82, 2.24) is 9.55 Å². The lowest BCUT2D eigenvalue weighted by molar-refractivity contribution is -0.119. The highest BCUT2D eigenvalue weighted by atomic mass is 16.1. The maximum absolute atomic E-state index is 11.8. The molecule has 2 rings (SSSR count). The Balaban J connectivity index is 1.78. The van der Waals surface area contributed by atoms with Crippen LogP contribution in [0.2, 0.25) is 0 Å². The highest BCUT2D eigenvalue weighted by Gasteiger charge is 2.04. The monoisotopic (exact) mass is 256 g/mol. The van der Waals surface area contributed by atoms with Crippen LogP contribution in [0.1, 0.15) is 29.5 Å². The Hall–Kier alpha value is -1.90. The van der Waals surface area contributed by atoms with E-state index in [0.717, 1.165) is 12.8 Å². The predicted octanol–water partition coefficient (Wildman–Crippen LogP) is 3.09. The van der Waals surface area contributed by atoms with Gasteiger partial charge >= 0.3 is 0 Å². The first-order valence-electron chi connectivity index (χ1n) is 6.69. The van der Waals surface area contributed by atoms with Crippen molar-refractivity contribution in [3.05, 3.63) is 53.6 Å². The van der Waals surface area contributed by atoms with Gasteiger partial charge in [0.25, 0.3) is 0 Å². The smallest absolute Gasteiger partial charge is 0.152 e. The summed E-state index contributed by atoms with van der Waals surface area (Å²) in [6.07, 6.45) is 7.72. The minimum atomic E-state index is 0.266. The molecule has 0 saturated heterocycles. The number of aryl methyl sites for hydroxylation is 3. The SMILES string of the molecule is Cc1ccc(CCCC(=O)Cn2ccnc2)c(C)c1. The van der Waals surface area contributed by atoms with Crippen LogP contribution in [0.15, 0.2) is 36.9 Å². The average Bonchev–Trinajstić information content (AvgIpc) is 2.84. The lowest BCUT2D eigenvalue weighted by Crippen LogP contribution is -2.08. The molecule has 0 atom stereocenters. The molecule has 0 radical (unpaired) electrons. The van der Waals surface area contributed by atoms with E-state index in [2.05, 4.69) is 37.0 Å². The largest absolute Gasteiger partial charge is 0.330 e. The van der Waals surface area contributed by atoms with E-state index in [0.29, 0.717) is 13.0 Å². The summed E-state index contributed by atoms with van der Waals surface area (Å²) in [7, 11) is 0. The van der Waals surface area contributed by atoms with Crippen LogP contribution in [0.25, 0.3) is 0 Å². The first kappa shape index (κ1) is 13.5. The van der Waals surface area contributed by atoms with Crippen molar-refractivity contribution < 1.29 is 4.79 Å². The van der Waals surface area contributed by atoms with Gasteiger partial charge in [0.1, 0.15) is 0 Å². The van der Waals surface area contributed by atoms with Gasteiger partial charge in [-0.05, 0) is 37.8 Å². The average molecular weight is 256 g/mol. The summed E-state index contributed by atoms with van der Waals surface area (Å²) in [5, 5.41) is 0. The van der Waals surface area contributed by atoms with E-state index < -0.39 is 0 Å². The summed E-state index contributed by atoms with van der Waals surface area (Å²) < 4.78 is 1.82. The number of carbonyl (C=O) groups excluding carboxylic acids is 1. The van der Waals surface area contributed by atoms with Crippen LogP contribution < -0.4 is 0 Å². The molecule has 100 valence electrons. The van der Waals surface area contributed by atoms with Gasteiger partial charge in [-0.25, -0.2) is 4.98 Å². The van der Waals surface area contributed by atoms with Crippen molar-refractivity contribution in [3.63, 3.8) is 0 Å². The van der Waals surface area contributed by atoms with Crippen LogP contribution in [-0.4, -0.2) is 15.3 Å². The second-order valence-electron chi connectivity index (χ2n) is 5.06. The number of ketones is 1. The Morgan fingerprint density at radius 3 is 2.84 bits per heavy atom. The maximum atomic E-state index is 11.8. The number of rotatable bonds is 6. The molecule has 3 heteroatoms. The van der Waals surface area contributed by atoms with Crippen LogP contribution in [0.4, 0.5) is 0 Å². The molecule has 19 heavy (non-hydrogen) atoms. The fraction of sp³-hybridized carbons (Fsp3) is 0.375. The van der Waals surface area contributed by atoms with Crippen molar-refractivity contribution in [2.75, 3.05) is 0 Å². The third-order valence-electron chi connectivity index (χ3n) is 3.32. The molecule has 1 heterocycles. The first-order chi connectivity index (χ1) is 9.15. The van der Waals surface area contributed by atoms with Gasteiger partial charge in [-0.2, -0.15) is 0 Å². The summed E-state index contributed by atoms with van der Waals surface area (Å²) in [4.78, 5) is 15.7. The van der Waals surface area contributed by atoms with Gasteiger partial charge in [-0.15, -0.1) is 0 Å². The molecule has 1 aromatic carbocycles. The molecule has 0 N–H and O–H groups in total. The predicted molar refractivity (Wildman–Crippen MR) is 76.1 cm³/mol. The van der Waals surface area contributed by atoms with Crippen molar-refractivity contribution in [1.29, 1.82) is 0 Å². The van der Waals surface area contributed by atoms with Gasteiger partial charge in [0, 0.05) is 18.8 Å². The topological polar surface area (TPSA) is 34.9 Å². The maximum Gasteiger partial charge on any atom is 0.152 e. The van der Waals surface area contributed by atoms with E-state index >= 15 is 0 Å². The van der Waals surface area contributed by atoms with Crippen LogP contribution >= 0.6 is 0 Å². The lowest BCUT2D eigenvalue weighted by atomic mass is 10.00. The van der Waals surface area contributed by atoms with Crippen LogP contribution in [0, 0.1) is 13.8 Å². The molecule has 0 aliphatic carbocycles. The highest BCUT2D eigenvalue weighted by Crippen LogP contribution is 2.13. The molecule has 3 nitrogen and oxygen atoms in total. The Labute approximate surface area is 114 Å². The molecule has 0 aliphatic rings. The fourth-order valence-corrected chi connectivity index (χ4v) is 2.27. The fourth-order valence-electron chi connectivity index (χ4n) is 2.27. The van der Waals surface area contributed by atoms with Crippen molar-refractivity contribution in [3.8, 4) is 0 Å². The molecule has 0 unspecified atom stereocenters. The lowest BCUT2D eigenvalue weighted by Gasteiger charge is -2.07. The van der Waals surface area contributed by atoms with Crippen molar-refractivity contribution in [2.45, 2.75) is 39.7 Å². The second-order valence-corrected chi connectivity index (χ2v) is 5.06. The van der Waals surface area contributed by atoms with Gasteiger partial charge < -0.3 is 4.57 Å². The van der Waals surface area contributed by atoms with Gasteiger partial charge in [-0.3, -0.25) is 4.79 Å². The van der Waals surface area contributed by atoms with E-state index in [1.807, 2.05) is 10.8 Å². The Bertz CT molecular complexity index is 544. The molecule has 0 saturated carbocycles. The summed E-state index contributed by atoms with van der Waals surface area (Å²) in [6.45, 7) is 4.67. The zero-order valence-corrected chi connectivity index (χ0v) is 11.6. The third kappa shape index (κ3) is 4.05. The van der Waals surface area contributed by atoms with Crippen molar-refractivity contribution >= 4 is 5.78 Å². The summed E-state index contributed by atoms with van der Waals surface area (Å²) in [6, 6.07) is 6.50. The summed E-state index contributed by atoms with van der Waals surface area (Å²) in [5.41, 5.74) is 3.96.